The lowest BCUT2D eigenvalue weighted by molar-refractivity contribution is -0.138. The smallest absolute Gasteiger partial charge is 0.325 e. The van der Waals surface area contributed by atoms with Gasteiger partial charge in [-0.05, 0) is 13.0 Å². The summed E-state index contributed by atoms with van der Waals surface area (Å²) in [7, 11) is 0. The zero-order valence-electron chi connectivity index (χ0n) is 11.5. The Labute approximate surface area is 114 Å². The molecule has 2 heterocycles. The summed E-state index contributed by atoms with van der Waals surface area (Å²) in [4.78, 5) is 34.4. The number of nitrogens with zero attached hydrogens (tertiary/aromatic N) is 3. The SMILES string of the molecule is CC(=O)c1cc2c(=O)n(CC(=O)O)nc(C(C)C)n2c1. The molecule has 2 rings (SSSR count). The predicted molar refractivity (Wildman–Crippen MR) is 71.2 cm³/mol. The van der Waals surface area contributed by atoms with Crippen LogP contribution in [0.3, 0.4) is 0 Å². The number of carbonyl (C=O) groups is 2. The van der Waals surface area contributed by atoms with E-state index in [1.165, 1.54) is 13.0 Å². The molecule has 0 aliphatic rings. The minimum atomic E-state index is -1.14. The lowest BCUT2D eigenvalue weighted by Gasteiger charge is -2.11. The maximum Gasteiger partial charge on any atom is 0.325 e. The van der Waals surface area contributed by atoms with E-state index in [-0.39, 0.29) is 17.2 Å². The second-order valence-corrected chi connectivity index (χ2v) is 4.91. The Bertz CT molecular complexity index is 755. The summed E-state index contributed by atoms with van der Waals surface area (Å²) in [6, 6.07) is 1.47. The summed E-state index contributed by atoms with van der Waals surface area (Å²) in [5.41, 5.74) is 0.137. The van der Waals surface area contributed by atoms with Gasteiger partial charge in [0.1, 0.15) is 17.9 Å². The molecule has 0 bridgehead atoms. The van der Waals surface area contributed by atoms with E-state index in [0.717, 1.165) is 4.68 Å². The van der Waals surface area contributed by atoms with Crippen LogP contribution < -0.4 is 5.56 Å². The fourth-order valence-corrected chi connectivity index (χ4v) is 1.99. The van der Waals surface area contributed by atoms with Gasteiger partial charge < -0.3 is 5.11 Å². The number of hydrogen-bond acceptors (Lipinski definition) is 4. The van der Waals surface area contributed by atoms with E-state index in [4.69, 9.17) is 5.11 Å². The monoisotopic (exact) mass is 277 g/mol. The van der Waals surface area contributed by atoms with Gasteiger partial charge in [-0.2, -0.15) is 5.10 Å². The van der Waals surface area contributed by atoms with Crippen molar-refractivity contribution in [3.8, 4) is 0 Å². The van der Waals surface area contributed by atoms with Gasteiger partial charge in [0.05, 0.1) is 0 Å². The van der Waals surface area contributed by atoms with E-state index in [9.17, 15) is 14.4 Å². The molecule has 0 radical (unpaired) electrons. The van der Waals surface area contributed by atoms with Crippen molar-refractivity contribution in [2.45, 2.75) is 33.2 Å². The average Bonchev–Trinajstić information content (AvgIpc) is 2.77. The first-order valence-corrected chi connectivity index (χ1v) is 6.17. The normalized spacial score (nSPS) is 11.2. The molecule has 0 spiro atoms. The van der Waals surface area contributed by atoms with Crippen molar-refractivity contribution in [1.82, 2.24) is 14.2 Å². The highest BCUT2D eigenvalue weighted by molar-refractivity contribution is 5.95. The van der Waals surface area contributed by atoms with Gasteiger partial charge >= 0.3 is 5.97 Å². The molecule has 2 aromatic heterocycles. The third-order valence-electron chi connectivity index (χ3n) is 2.95. The molecule has 0 aliphatic carbocycles. The fourth-order valence-electron chi connectivity index (χ4n) is 1.99. The second-order valence-electron chi connectivity index (χ2n) is 4.91. The number of carboxylic acid groups (broad SMARTS) is 1. The number of ketones is 1. The van der Waals surface area contributed by atoms with E-state index >= 15 is 0 Å². The van der Waals surface area contributed by atoms with Crippen LogP contribution in [0.1, 0.15) is 42.9 Å². The molecule has 0 saturated carbocycles. The van der Waals surface area contributed by atoms with Gasteiger partial charge in [0.15, 0.2) is 5.78 Å². The predicted octanol–water partition coefficient (Wildman–Crippen LogP) is 0.907. The minimum absolute atomic E-state index is 0.0228. The number of rotatable bonds is 4. The van der Waals surface area contributed by atoms with Crippen molar-refractivity contribution < 1.29 is 14.7 Å². The third kappa shape index (κ3) is 2.34. The molecule has 20 heavy (non-hydrogen) atoms. The molecule has 7 nitrogen and oxygen atoms in total. The Morgan fingerprint density at radius 1 is 1.40 bits per heavy atom. The topological polar surface area (TPSA) is 93.7 Å². The molecule has 0 fully saturated rings. The quantitative estimate of drug-likeness (QED) is 0.838. The van der Waals surface area contributed by atoms with Crippen molar-refractivity contribution >= 4 is 17.3 Å². The average molecular weight is 277 g/mol. The lowest BCUT2D eigenvalue weighted by Crippen LogP contribution is -2.30. The molecule has 0 aliphatic heterocycles. The second kappa shape index (κ2) is 4.92. The van der Waals surface area contributed by atoms with Gasteiger partial charge in [0, 0.05) is 17.7 Å². The molecule has 0 atom stereocenters. The van der Waals surface area contributed by atoms with E-state index < -0.39 is 18.1 Å². The zero-order chi connectivity index (χ0) is 15.0. The van der Waals surface area contributed by atoms with Crippen LogP contribution in [0, 0.1) is 0 Å². The minimum Gasteiger partial charge on any atom is -0.480 e. The lowest BCUT2D eigenvalue weighted by atomic mass is 10.2. The molecule has 0 aromatic carbocycles. The number of carboxylic acids is 1. The maximum absolute atomic E-state index is 12.2. The van der Waals surface area contributed by atoms with Crippen LogP contribution in [0.4, 0.5) is 0 Å². The summed E-state index contributed by atoms with van der Waals surface area (Å²) in [5, 5.41) is 12.9. The van der Waals surface area contributed by atoms with Crippen molar-refractivity contribution in [3.63, 3.8) is 0 Å². The highest BCUT2D eigenvalue weighted by Crippen LogP contribution is 2.15. The molecule has 0 unspecified atom stereocenters. The van der Waals surface area contributed by atoms with Crippen molar-refractivity contribution in [3.05, 3.63) is 34.0 Å². The van der Waals surface area contributed by atoms with Crippen molar-refractivity contribution in [1.29, 1.82) is 0 Å². The summed E-state index contributed by atoms with van der Waals surface area (Å²) < 4.78 is 2.47. The van der Waals surface area contributed by atoms with E-state index in [0.29, 0.717) is 11.4 Å². The van der Waals surface area contributed by atoms with Crippen LogP contribution in [0.25, 0.3) is 5.52 Å². The number of aromatic nitrogens is 3. The van der Waals surface area contributed by atoms with E-state index in [1.54, 1.807) is 10.6 Å². The van der Waals surface area contributed by atoms with Gasteiger partial charge in [-0.3, -0.25) is 18.8 Å². The van der Waals surface area contributed by atoms with Crippen LogP contribution >= 0.6 is 0 Å². The van der Waals surface area contributed by atoms with Crippen LogP contribution in [0.2, 0.25) is 0 Å². The van der Waals surface area contributed by atoms with Crippen molar-refractivity contribution in [2.24, 2.45) is 0 Å². The van der Waals surface area contributed by atoms with Crippen LogP contribution in [-0.2, 0) is 11.3 Å². The third-order valence-corrected chi connectivity index (χ3v) is 2.95. The number of hydrogen-bond donors (Lipinski definition) is 1. The van der Waals surface area contributed by atoms with E-state index in [2.05, 4.69) is 5.10 Å². The number of Topliss-reactive ketones (excluding diaryl/α,β-unsaturated/α-hetero) is 1. The Morgan fingerprint density at radius 2 is 2.05 bits per heavy atom. The Balaban J connectivity index is 2.80. The van der Waals surface area contributed by atoms with Crippen LogP contribution in [-0.4, -0.2) is 31.0 Å². The first kappa shape index (κ1) is 14.0. The van der Waals surface area contributed by atoms with Gasteiger partial charge in [-0.25, -0.2) is 4.68 Å². The molecular weight excluding hydrogens is 262 g/mol. The standard InChI is InChI=1S/C13H15N3O4/c1-7(2)12-14-16(6-11(18)19)13(20)10-4-9(8(3)17)5-15(10)12/h4-5,7H,6H2,1-3H3,(H,18,19). The Kier molecular flexibility index (Phi) is 3.44. The first-order chi connectivity index (χ1) is 9.31. The molecule has 106 valence electrons. The Morgan fingerprint density at radius 3 is 2.55 bits per heavy atom. The number of carbonyl (C=O) groups excluding carboxylic acids is 1. The summed E-state index contributed by atoms with van der Waals surface area (Å²) in [6.07, 6.45) is 1.56. The highest BCUT2D eigenvalue weighted by atomic mass is 16.4. The molecule has 0 saturated heterocycles. The molecule has 1 N–H and O–H groups in total. The van der Waals surface area contributed by atoms with Crippen LogP contribution in [0.5, 0.6) is 0 Å². The van der Waals surface area contributed by atoms with Gasteiger partial charge in [-0.1, -0.05) is 13.8 Å². The van der Waals surface area contributed by atoms with Gasteiger partial charge in [0.2, 0.25) is 0 Å². The van der Waals surface area contributed by atoms with Crippen molar-refractivity contribution in [2.75, 3.05) is 0 Å². The van der Waals surface area contributed by atoms with Crippen LogP contribution in [0.15, 0.2) is 17.1 Å². The first-order valence-electron chi connectivity index (χ1n) is 6.17. The summed E-state index contributed by atoms with van der Waals surface area (Å²) in [6.45, 7) is 4.66. The van der Waals surface area contributed by atoms with E-state index in [1.807, 2.05) is 13.8 Å². The highest BCUT2D eigenvalue weighted by Gasteiger charge is 2.17. The maximum atomic E-state index is 12.2. The van der Waals surface area contributed by atoms with Gasteiger partial charge in [0.25, 0.3) is 5.56 Å². The molecule has 7 heteroatoms. The zero-order valence-corrected chi connectivity index (χ0v) is 11.5. The Hall–Kier alpha value is -2.44. The fraction of sp³-hybridized carbons (Fsp3) is 0.385. The molecular formula is C13H15N3O4. The largest absolute Gasteiger partial charge is 0.480 e. The van der Waals surface area contributed by atoms with Gasteiger partial charge in [-0.15, -0.1) is 0 Å². The summed E-state index contributed by atoms with van der Waals surface area (Å²) in [5.74, 6) is -0.789. The molecule has 0 amide bonds. The number of fused-ring (bicyclic) bond motifs is 1. The molecule has 2 aromatic rings. The summed E-state index contributed by atoms with van der Waals surface area (Å²) >= 11 is 0. The number of aliphatic carboxylic acids is 1.